The van der Waals surface area contributed by atoms with Crippen LogP contribution in [0.4, 0.5) is 0 Å². The smallest absolute Gasteiger partial charge is 0.309 e. The molecule has 3 nitrogen and oxygen atoms in total. The molecule has 0 aromatic rings. The van der Waals surface area contributed by atoms with Gasteiger partial charge in [0.2, 0.25) is 0 Å². The maximum Gasteiger partial charge on any atom is 0.309 e. The van der Waals surface area contributed by atoms with Gasteiger partial charge in [0.1, 0.15) is 6.10 Å². The van der Waals surface area contributed by atoms with Crippen molar-refractivity contribution in [1.82, 2.24) is 0 Å². The number of Topliss-reactive ketones (excluding diaryl/α,β-unsaturated/α-hetero) is 1. The zero-order chi connectivity index (χ0) is 13.3. The van der Waals surface area contributed by atoms with Gasteiger partial charge in [-0.05, 0) is 37.7 Å². The van der Waals surface area contributed by atoms with Crippen LogP contribution in [-0.4, -0.2) is 17.9 Å². The number of ether oxygens (including phenoxy) is 1. The molecule has 0 unspecified atom stereocenters. The summed E-state index contributed by atoms with van der Waals surface area (Å²) in [6.07, 6.45) is 5.21. The van der Waals surface area contributed by atoms with Crippen molar-refractivity contribution in [3.63, 3.8) is 0 Å². The summed E-state index contributed by atoms with van der Waals surface area (Å²) in [5.74, 6) is 0.805. The minimum atomic E-state index is -0.0752. The van der Waals surface area contributed by atoms with Gasteiger partial charge in [0.15, 0.2) is 5.78 Å². The van der Waals surface area contributed by atoms with E-state index in [2.05, 4.69) is 6.92 Å². The quantitative estimate of drug-likeness (QED) is 0.621. The van der Waals surface area contributed by atoms with Crippen molar-refractivity contribution in [2.45, 2.75) is 52.6 Å². The van der Waals surface area contributed by atoms with Crippen molar-refractivity contribution in [2.75, 3.05) is 0 Å². The normalized spacial score (nSPS) is 40.7. The molecule has 2 rings (SSSR count). The second-order valence-corrected chi connectivity index (χ2v) is 5.85. The lowest BCUT2D eigenvalue weighted by Crippen LogP contribution is -2.23. The first-order chi connectivity index (χ1) is 8.49. The number of ketones is 1. The number of hydrogen-bond donors (Lipinski definition) is 0. The van der Waals surface area contributed by atoms with Gasteiger partial charge in [-0.3, -0.25) is 9.59 Å². The van der Waals surface area contributed by atoms with Crippen molar-refractivity contribution < 1.29 is 14.3 Å². The molecular weight excluding hydrogens is 228 g/mol. The Morgan fingerprint density at radius 2 is 2.00 bits per heavy atom. The van der Waals surface area contributed by atoms with Gasteiger partial charge in [0, 0.05) is 12.3 Å². The highest BCUT2D eigenvalue weighted by Crippen LogP contribution is 2.36. The second-order valence-electron chi connectivity index (χ2n) is 5.85. The molecule has 3 heteroatoms. The van der Waals surface area contributed by atoms with E-state index >= 15 is 0 Å². The summed E-state index contributed by atoms with van der Waals surface area (Å²) in [4.78, 5) is 23.5. The minimum Gasteiger partial charge on any atom is -0.462 e. The van der Waals surface area contributed by atoms with E-state index in [1.807, 2.05) is 19.9 Å². The lowest BCUT2D eigenvalue weighted by atomic mass is 9.82. The molecule has 1 aliphatic carbocycles. The fourth-order valence-corrected chi connectivity index (χ4v) is 2.94. The number of fused-ring (bicyclic) bond motifs is 1. The van der Waals surface area contributed by atoms with Crippen LogP contribution in [0, 0.1) is 17.8 Å². The van der Waals surface area contributed by atoms with Crippen molar-refractivity contribution in [3.8, 4) is 0 Å². The predicted molar refractivity (Wildman–Crippen MR) is 68.9 cm³/mol. The number of rotatable bonds is 0. The van der Waals surface area contributed by atoms with E-state index in [4.69, 9.17) is 4.74 Å². The standard InChI is InChI=1S/C15H22O3/c1-9-4-7-13(16)10(2)5-6-12-11(3)15(17)18-14(12)8-9/h5,9,11-12,14H,4,6-8H2,1-3H3/b10-5+/t9-,11-,12+,14+/m0/s1. The van der Waals surface area contributed by atoms with Crippen molar-refractivity contribution in [2.24, 2.45) is 17.8 Å². The zero-order valence-electron chi connectivity index (χ0n) is 11.4. The van der Waals surface area contributed by atoms with Gasteiger partial charge < -0.3 is 4.74 Å². The largest absolute Gasteiger partial charge is 0.462 e. The Morgan fingerprint density at radius 3 is 2.72 bits per heavy atom. The molecule has 1 heterocycles. The Hall–Kier alpha value is -1.12. The van der Waals surface area contributed by atoms with E-state index in [0.717, 1.165) is 24.8 Å². The van der Waals surface area contributed by atoms with Gasteiger partial charge in [-0.15, -0.1) is 0 Å². The Bertz CT molecular complexity index is 383. The van der Waals surface area contributed by atoms with Gasteiger partial charge >= 0.3 is 5.97 Å². The van der Waals surface area contributed by atoms with Crippen LogP contribution >= 0.6 is 0 Å². The Balaban J connectivity index is 2.21. The molecule has 0 N–H and O–H groups in total. The molecule has 0 aromatic carbocycles. The SMILES string of the molecule is C/C1=C\C[C@@H]2[C@H](C)C(=O)O[C@@H]2C[C@@H](C)CCC1=O. The second kappa shape index (κ2) is 5.25. The zero-order valence-corrected chi connectivity index (χ0v) is 11.4. The molecular formula is C15H22O3. The van der Waals surface area contributed by atoms with E-state index in [0.29, 0.717) is 12.3 Å². The molecule has 1 saturated heterocycles. The molecule has 18 heavy (non-hydrogen) atoms. The molecule has 0 amide bonds. The van der Waals surface area contributed by atoms with Crippen LogP contribution in [-0.2, 0) is 14.3 Å². The Morgan fingerprint density at radius 1 is 1.28 bits per heavy atom. The predicted octanol–water partition coefficient (Wildman–Crippen LogP) is 2.89. The van der Waals surface area contributed by atoms with Crippen molar-refractivity contribution in [3.05, 3.63) is 11.6 Å². The number of hydrogen-bond acceptors (Lipinski definition) is 3. The van der Waals surface area contributed by atoms with Gasteiger partial charge in [-0.1, -0.05) is 19.9 Å². The van der Waals surface area contributed by atoms with Crippen LogP contribution in [0.15, 0.2) is 11.6 Å². The van der Waals surface area contributed by atoms with Gasteiger partial charge in [0.05, 0.1) is 5.92 Å². The fourth-order valence-electron chi connectivity index (χ4n) is 2.94. The van der Waals surface area contributed by atoms with Gasteiger partial charge in [0.25, 0.3) is 0 Å². The number of allylic oxidation sites excluding steroid dienone is 2. The number of carbonyl (C=O) groups is 2. The summed E-state index contributed by atoms with van der Waals surface area (Å²) >= 11 is 0. The van der Waals surface area contributed by atoms with Crippen LogP contribution in [0.3, 0.4) is 0 Å². The maximum absolute atomic E-state index is 11.8. The summed E-state index contributed by atoms with van der Waals surface area (Å²) in [6.45, 7) is 5.96. The minimum absolute atomic E-state index is 0.0409. The first-order valence-corrected chi connectivity index (χ1v) is 6.89. The fraction of sp³-hybridized carbons (Fsp3) is 0.733. The summed E-state index contributed by atoms with van der Waals surface area (Å²) < 4.78 is 5.49. The van der Waals surface area contributed by atoms with E-state index in [1.165, 1.54) is 0 Å². The molecule has 0 saturated carbocycles. The first-order valence-electron chi connectivity index (χ1n) is 6.89. The van der Waals surface area contributed by atoms with Crippen LogP contribution in [0.2, 0.25) is 0 Å². The van der Waals surface area contributed by atoms with Crippen LogP contribution in [0.1, 0.15) is 46.5 Å². The summed E-state index contributed by atoms with van der Waals surface area (Å²) in [6, 6.07) is 0. The summed E-state index contributed by atoms with van der Waals surface area (Å²) in [5, 5.41) is 0. The average Bonchev–Trinajstić information content (AvgIpc) is 2.58. The Kier molecular flexibility index (Phi) is 3.88. The van der Waals surface area contributed by atoms with E-state index in [9.17, 15) is 9.59 Å². The number of carbonyl (C=O) groups excluding carboxylic acids is 2. The number of esters is 1. The summed E-state index contributed by atoms with van der Waals surface area (Å²) in [5.41, 5.74) is 0.842. The molecule has 2 aliphatic rings. The van der Waals surface area contributed by atoms with Crippen LogP contribution in [0.5, 0.6) is 0 Å². The lowest BCUT2D eigenvalue weighted by Gasteiger charge is -2.23. The van der Waals surface area contributed by atoms with E-state index < -0.39 is 0 Å². The monoisotopic (exact) mass is 250 g/mol. The van der Waals surface area contributed by atoms with Crippen LogP contribution < -0.4 is 0 Å². The maximum atomic E-state index is 11.8. The third kappa shape index (κ3) is 2.65. The molecule has 100 valence electrons. The van der Waals surface area contributed by atoms with Gasteiger partial charge in [-0.25, -0.2) is 0 Å². The highest BCUT2D eigenvalue weighted by molar-refractivity contribution is 5.94. The lowest BCUT2D eigenvalue weighted by molar-refractivity contribution is -0.144. The first kappa shape index (κ1) is 13.3. The summed E-state index contributed by atoms with van der Waals surface area (Å²) in [7, 11) is 0. The highest BCUT2D eigenvalue weighted by Gasteiger charge is 2.41. The highest BCUT2D eigenvalue weighted by atomic mass is 16.6. The molecule has 1 fully saturated rings. The third-order valence-electron chi connectivity index (χ3n) is 4.39. The Labute approximate surface area is 109 Å². The molecule has 1 aliphatic heterocycles. The van der Waals surface area contributed by atoms with Crippen molar-refractivity contribution in [1.29, 1.82) is 0 Å². The van der Waals surface area contributed by atoms with Crippen LogP contribution in [0.25, 0.3) is 0 Å². The van der Waals surface area contributed by atoms with E-state index in [1.54, 1.807) is 0 Å². The molecule has 0 bridgehead atoms. The van der Waals surface area contributed by atoms with Crippen molar-refractivity contribution >= 4 is 11.8 Å². The van der Waals surface area contributed by atoms with E-state index in [-0.39, 0.29) is 29.7 Å². The topological polar surface area (TPSA) is 43.4 Å². The molecule has 0 radical (unpaired) electrons. The molecule has 0 aromatic heterocycles. The molecule has 0 spiro atoms. The molecule has 4 atom stereocenters. The average molecular weight is 250 g/mol. The third-order valence-corrected chi connectivity index (χ3v) is 4.39. The van der Waals surface area contributed by atoms with Gasteiger partial charge in [-0.2, -0.15) is 0 Å².